The summed E-state index contributed by atoms with van der Waals surface area (Å²) in [4.78, 5) is 47.8. The van der Waals surface area contributed by atoms with Gasteiger partial charge in [0.1, 0.15) is 5.60 Å². The summed E-state index contributed by atoms with van der Waals surface area (Å²) in [6.45, 7) is 3.66. The van der Waals surface area contributed by atoms with Crippen molar-refractivity contribution >= 4 is 23.5 Å². The molecule has 0 spiro atoms. The van der Waals surface area contributed by atoms with E-state index in [-0.39, 0.29) is 47.9 Å². The van der Waals surface area contributed by atoms with Crippen LogP contribution in [0.15, 0.2) is 11.6 Å². The van der Waals surface area contributed by atoms with Crippen LogP contribution in [-0.2, 0) is 28.7 Å². The Hall–Kier alpha value is -2.06. The van der Waals surface area contributed by atoms with E-state index < -0.39 is 35.3 Å². The standard InChI is InChI=1S/C26H36O8/c1-24-10-8-16(27)12-15(24)4-5-17-18-9-11-26(32,25(18,2)13-19(33-3)23(17)24)20(28)14-34-22(31)7-6-21(29)30/h12,17-19,23,32H,4-11,13-14H2,1-3H3,(H,29,30)/t17-,18-,19+,23+,24-,25-,26-/m0/s1. The first-order chi connectivity index (χ1) is 16.0. The Labute approximate surface area is 200 Å². The summed E-state index contributed by atoms with van der Waals surface area (Å²) >= 11 is 0. The molecule has 34 heavy (non-hydrogen) atoms. The second-order valence-electron chi connectivity index (χ2n) is 11.2. The summed E-state index contributed by atoms with van der Waals surface area (Å²) in [5.41, 5.74) is -1.26. The minimum atomic E-state index is -1.63. The van der Waals surface area contributed by atoms with Crippen LogP contribution in [0.25, 0.3) is 0 Å². The highest BCUT2D eigenvalue weighted by Crippen LogP contribution is 2.68. The number of rotatable bonds is 7. The quantitative estimate of drug-likeness (QED) is 0.537. The van der Waals surface area contributed by atoms with Crippen molar-refractivity contribution in [2.45, 2.75) is 83.3 Å². The van der Waals surface area contributed by atoms with Gasteiger partial charge in [-0.15, -0.1) is 0 Å². The second kappa shape index (κ2) is 8.86. The molecule has 4 aliphatic rings. The lowest BCUT2D eigenvalue weighted by Gasteiger charge is -2.61. The molecule has 0 saturated heterocycles. The molecule has 3 fully saturated rings. The fraction of sp³-hybridized carbons (Fsp3) is 0.769. The number of allylic oxidation sites excluding steroid dienone is 1. The zero-order chi connectivity index (χ0) is 24.9. The molecule has 0 bridgehead atoms. The lowest BCUT2D eigenvalue weighted by Crippen LogP contribution is -2.62. The first-order valence-electron chi connectivity index (χ1n) is 12.4. The van der Waals surface area contributed by atoms with Crippen LogP contribution in [-0.4, -0.2) is 59.1 Å². The number of hydrogen-bond donors (Lipinski definition) is 2. The summed E-state index contributed by atoms with van der Waals surface area (Å²) in [5, 5.41) is 20.5. The van der Waals surface area contributed by atoms with E-state index in [1.807, 2.05) is 13.0 Å². The van der Waals surface area contributed by atoms with Crippen molar-refractivity contribution in [1.29, 1.82) is 0 Å². The number of Topliss-reactive ketones (excluding diaryl/α,β-unsaturated/α-hetero) is 1. The predicted molar refractivity (Wildman–Crippen MR) is 121 cm³/mol. The number of hydrogen-bond acceptors (Lipinski definition) is 7. The van der Waals surface area contributed by atoms with E-state index in [0.717, 1.165) is 19.3 Å². The Morgan fingerprint density at radius 3 is 2.53 bits per heavy atom. The van der Waals surface area contributed by atoms with Gasteiger partial charge in [-0.05, 0) is 67.8 Å². The molecule has 3 saturated carbocycles. The third-order valence-corrected chi connectivity index (χ3v) is 9.70. The zero-order valence-corrected chi connectivity index (χ0v) is 20.3. The third kappa shape index (κ3) is 3.83. The number of carboxylic acids is 1. The van der Waals surface area contributed by atoms with Gasteiger partial charge in [-0.25, -0.2) is 0 Å². The molecule has 0 aromatic heterocycles. The highest BCUT2D eigenvalue weighted by Gasteiger charge is 2.68. The van der Waals surface area contributed by atoms with E-state index >= 15 is 0 Å². The predicted octanol–water partition coefficient (Wildman–Crippen LogP) is 2.85. The van der Waals surface area contributed by atoms with Gasteiger partial charge in [-0.1, -0.05) is 19.4 Å². The van der Waals surface area contributed by atoms with Gasteiger partial charge in [-0.2, -0.15) is 0 Å². The van der Waals surface area contributed by atoms with E-state index in [0.29, 0.717) is 25.7 Å². The third-order valence-electron chi connectivity index (χ3n) is 9.70. The number of carbonyl (C=O) groups is 4. The molecule has 8 heteroatoms. The number of carbonyl (C=O) groups excluding carboxylic acids is 3. The van der Waals surface area contributed by atoms with Gasteiger partial charge >= 0.3 is 11.9 Å². The molecule has 188 valence electrons. The van der Waals surface area contributed by atoms with E-state index in [4.69, 9.17) is 14.6 Å². The molecule has 0 radical (unpaired) electrons. The first-order valence-corrected chi connectivity index (χ1v) is 12.4. The summed E-state index contributed by atoms with van der Waals surface area (Å²) < 4.78 is 11.1. The number of carboxylic acid groups (broad SMARTS) is 1. The maximum Gasteiger partial charge on any atom is 0.306 e. The Kier molecular flexibility index (Phi) is 6.53. The number of methoxy groups -OCH3 is 1. The molecule has 4 rings (SSSR count). The normalized spacial score (nSPS) is 41.1. The number of ketones is 2. The fourth-order valence-corrected chi connectivity index (χ4v) is 7.89. The average Bonchev–Trinajstić information content (AvgIpc) is 3.07. The molecular formula is C26H36O8. The lowest BCUT2D eigenvalue weighted by molar-refractivity contribution is -0.188. The van der Waals surface area contributed by atoms with Gasteiger partial charge < -0.3 is 19.7 Å². The van der Waals surface area contributed by atoms with Crippen molar-refractivity contribution in [2.75, 3.05) is 13.7 Å². The highest BCUT2D eigenvalue weighted by atomic mass is 16.5. The molecule has 0 aromatic carbocycles. The molecule has 0 heterocycles. The summed E-state index contributed by atoms with van der Waals surface area (Å²) in [6, 6.07) is 0. The van der Waals surface area contributed by atoms with Crippen LogP contribution in [0, 0.1) is 28.6 Å². The van der Waals surface area contributed by atoms with Crippen LogP contribution in [0.2, 0.25) is 0 Å². The monoisotopic (exact) mass is 476 g/mol. The van der Waals surface area contributed by atoms with Crippen molar-refractivity contribution in [3.05, 3.63) is 11.6 Å². The van der Waals surface area contributed by atoms with Crippen LogP contribution in [0.1, 0.15) is 71.6 Å². The molecule has 0 aromatic rings. The lowest BCUT2D eigenvalue weighted by atomic mass is 9.45. The van der Waals surface area contributed by atoms with Crippen molar-refractivity contribution in [1.82, 2.24) is 0 Å². The van der Waals surface area contributed by atoms with Gasteiger partial charge in [-0.3, -0.25) is 19.2 Å². The Balaban J connectivity index is 1.56. The van der Waals surface area contributed by atoms with Gasteiger partial charge in [0.25, 0.3) is 0 Å². The molecule has 7 atom stereocenters. The Morgan fingerprint density at radius 1 is 1.12 bits per heavy atom. The van der Waals surface area contributed by atoms with Crippen molar-refractivity contribution in [2.24, 2.45) is 28.6 Å². The van der Waals surface area contributed by atoms with E-state index in [9.17, 15) is 24.3 Å². The van der Waals surface area contributed by atoms with Crippen LogP contribution in [0.5, 0.6) is 0 Å². The van der Waals surface area contributed by atoms with Crippen LogP contribution >= 0.6 is 0 Å². The number of esters is 1. The van der Waals surface area contributed by atoms with Gasteiger partial charge in [0.15, 0.2) is 12.4 Å². The fourth-order valence-electron chi connectivity index (χ4n) is 7.89. The van der Waals surface area contributed by atoms with Crippen molar-refractivity contribution in [3.63, 3.8) is 0 Å². The number of aliphatic hydroxyl groups is 1. The van der Waals surface area contributed by atoms with Gasteiger partial charge in [0, 0.05) is 18.9 Å². The summed E-state index contributed by atoms with van der Waals surface area (Å²) in [6.07, 6.45) is 5.61. The minimum Gasteiger partial charge on any atom is -0.481 e. The largest absolute Gasteiger partial charge is 0.481 e. The van der Waals surface area contributed by atoms with Crippen molar-refractivity contribution < 1.29 is 38.9 Å². The van der Waals surface area contributed by atoms with Crippen LogP contribution < -0.4 is 0 Å². The first kappa shape index (κ1) is 25.0. The second-order valence-corrected chi connectivity index (χ2v) is 11.2. The van der Waals surface area contributed by atoms with Gasteiger partial charge in [0.2, 0.25) is 5.78 Å². The smallest absolute Gasteiger partial charge is 0.306 e. The molecule has 2 N–H and O–H groups in total. The van der Waals surface area contributed by atoms with E-state index in [1.54, 1.807) is 7.11 Å². The Bertz CT molecular complexity index is 924. The maximum absolute atomic E-state index is 13.2. The number of ether oxygens (including phenoxy) is 2. The highest BCUT2D eigenvalue weighted by molar-refractivity contribution is 5.92. The SMILES string of the molecule is CO[C@@H]1C[C@@]2(C)[C@@H](CC[C@]2(O)C(=O)COC(=O)CCC(=O)O)[C@@H]2CCC3=CC(=O)CC[C@]3(C)[C@H]21. The van der Waals surface area contributed by atoms with Crippen LogP contribution in [0.4, 0.5) is 0 Å². The molecular weight excluding hydrogens is 440 g/mol. The summed E-state index contributed by atoms with van der Waals surface area (Å²) in [7, 11) is 1.68. The molecule has 0 unspecified atom stereocenters. The van der Waals surface area contributed by atoms with Crippen molar-refractivity contribution in [3.8, 4) is 0 Å². The Morgan fingerprint density at radius 2 is 1.85 bits per heavy atom. The topological polar surface area (TPSA) is 127 Å². The minimum absolute atomic E-state index is 0.122. The number of aliphatic carboxylic acids is 1. The molecule has 8 nitrogen and oxygen atoms in total. The molecule has 0 amide bonds. The molecule has 4 aliphatic carbocycles. The zero-order valence-electron chi connectivity index (χ0n) is 20.3. The number of fused-ring (bicyclic) bond motifs is 5. The summed E-state index contributed by atoms with van der Waals surface area (Å²) in [5.74, 6) is -1.61. The van der Waals surface area contributed by atoms with Gasteiger partial charge in [0.05, 0.1) is 18.9 Å². The van der Waals surface area contributed by atoms with E-state index in [2.05, 4.69) is 6.92 Å². The van der Waals surface area contributed by atoms with Crippen LogP contribution in [0.3, 0.4) is 0 Å². The maximum atomic E-state index is 13.2. The van der Waals surface area contributed by atoms with E-state index in [1.165, 1.54) is 5.57 Å². The average molecular weight is 477 g/mol. The molecule has 0 aliphatic heterocycles.